The molecule has 2 heterocycles. The third-order valence-electron chi connectivity index (χ3n) is 3.33. The Bertz CT molecular complexity index is 456. The Morgan fingerprint density at radius 3 is 2.79 bits per heavy atom. The molecule has 1 aromatic rings. The maximum Gasteiger partial charge on any atom is 0.335 e. The lowest BCUT2D eigenvalue weighted by atomic mass is 10.2. The number of nitrogens with one attached hydrogen (secondary N) is 1. The SMILES string of the molecule is Cc1cc(C(=O)O)cc(NC(C)CN2CCCC2)n1. The van der Waals surface area contributed by atoms with E-state index in [-0.39, 0.29) is 11.6 Å². The average molecular weight is 263 g/mol. The van der Waals surface area contributed by atoms with Gasteiger partial charge in [-0.05, 0) is 51.9 Å². The zero-order valence-electron chi connectivity index (χ0n) is 11.5. The van der Waals surface area contributed by atoms with Gasteiger partial charge in [0, 0.05) is 18.3 Å². The van der Waals surface area contributed by atoms with Crippen molar-refractivity contribution in [2.75, 3.05) is 25.0 Å². The third-order valence-corrected chi connectivity index (χ3v) is 3.33. The number of aromatic nitrogens is 1. The molecule has 0 aromatic carbocycles. The summed E-state index contributed by atoms with van der Waals surface area (Å²) in [7, 11) is 0. The first-order valence-corrected chi connectivity index (χ1v) is 6.75. The Kier molecular flexibility index (Phi) is 4.37. The molecule has 1 saturated heterocycles. The largest absolute Gasteiger partial charge is 0.478 e. The van der Waals surface area contributed by atoms with E-state index >= 15 is 0 Å². The van der Waals surface area contributed by atoms with Gasteiger partial charge in [-0.2, -0.15) is 0 Å². The molecule has 1 unspecified atom stereocenters. The number of carbonyl (C=O) groups is 1. The van der Waals surface area contributed by atoms with Crippen molar-refractivity contribution in [1.82, 2.24) is 9.88 Å². The summed E-state index contributed by atoms with van der Waals surface area (Å²) >= 11 is 0. The minimum absolute atomic E-state index is 0.258. The molecular formula is C14H21N3O2. The molecule has 0 amide bonds. The van der Waals surface area contributed by atoms with Crippen LogP contribution in [0.15, 0.2) is 12.1 Å². The lowest BCUT2D eigenvalue weighted by Crippen LogP contribution is -2.33. The van der Waals surface area contributed by atoms with E-state index in [2.05, 4.69) is 22.1 Å². The average Bonchev–Trinajstić information content (AvgIpc) is 2.80. The molecule has 1 atom stereocenters. The highest BCUT2D eigenvalue weighted by atomic mass is 16.4. The smallest absolute Gasteiger partial charge is 0.335 e. The van der Waals surface area contributed by atoms with Crippen molar-refractivity contribution < 1.29 is 9.90 Å². The third kappa shape index (κ3) is 3.92. The van der Waals surface area contributed by atoms with E-state index in [0.717, 1.165) is 25.3 Å². The summed E-state index contributed by atoms with van der Waals surface area (Å²) in [5.41, 5.74) is 0.999. The minimum Gasteiger partial charge on any atom is -0.478 e. The molecule has 1 aromatic heterocycles. The zero-order valence-corrected chi connectivity index (χ0v) is 11.5. The molecule has 19 heavy (non-hydrogen) atoms. The molecule has 1 aliphatic heterocycles. The van der Waals surface area contributed by atoms with Gasteiger partial charge >= 0.3 is 5.97 Å². The summed E-state index contributed by atoms with van der Waals surface area (Å²) in [5.74, 6) is -0.273. The first-order valence-electron chi connectivity index (χ1n) is 6.75. The Morgan fingerprint density at radius 1 is 1.47 bits per heavy atom. The van der Waals surface area contributed by atoms with Gasteiger partial charge in [0.1, 0.15) is 5.82 Å². The van der Waals surface area contributed by atoms with Crippen molar-refractivity contribution in [2.24, 2.45) is 0 Å². The van der Waals surface area contributed by atoms with Gasteiger partial charge < -0.3 is 15.3 Å². The first-order chi connectivity index (χ1) is 9.04. The highest BCUT2D eigenvalue weighted by Gasteiger charge is 2.15. The van der Waals surface area contributed by atoms with Gasteiger partial charge in [-0.25, -0.2) is 9.78 Å². The standard InChI is InChI=1S/C14H21N3O2/c1-10-7-12(14(18)19)8-13(15-10)16-11(2)9-17-5-3-4-6-17/h7-8,11H,3-6,9H2,1-2H3,(H,15,16)(H,18,19). The van der Waals surface area contributed by atoms with Crippen molar-refractivity contribution in [3.63, 3.8) is 0 Å². The van der Waals surface area contributed by atoms with Gasteiger partial charge in [0.15, 0.2) is 0 Å². The van der Waals surface area contributed by atoms with Crippen LogP contribution in [0.25, 0.3) is 0 Å². The van der Waals surface area contributed by atoms with Gasteiger partial charge in [-0.15, -0.1) is 0 Å². The van der Waals surface area contributed by atoms with Crippen LogP contribution in [0.5, 0.6) is 0 Å². The molecule has 0 spiro atoms. The maximum atomic E-state index is 11.0. The highest BCUT2D eigenvalue weighted by molar-refractivity contribution is 5.88. The van der Waals surface area contributed by atoms with Gasteiger partial charge in [-0.3, -0.25) is 0 Å². The molecule has 5 nitrogen and oxygen atoms in total. The van der Waals surface area contributed by atoms with E-state index < -0.39 is 5.97 Å². The summed E-state index contributed by atoms with van der Waals surface area (Å²) < 4.78 is 0. The van der Waals surface area contributed by atoms with Crippen molar-refractivity contribution in [1.29, 1.82) is 0 Å². The normalized spacial score (nSPS) is 17.4. The Hall–Kier alpha value is -1.62. The fourth-order valence-corrected chi connectivity index (χ4v) is 2.52. The van der Waals surface area contributed by atoms with E-state index in [0.29, 0.717) is 5.82 Å². The van der Waals surface area contributed by atoms with Crippen molar-refractivity contribution >= 4 is 11.8 Å². The highest BCUT2D eigenvalue weighted by Crippen LogP contribution is 2.13. The van der Waals surface area contributed by atoms with Crippen molar-refractivity contribution in [3.8, 4) is 0 Å². The molecule has 2 N–H and O–H groups in total. The van der Waals surface area contributed by atoms with Crippen LogP contribution in [0.4, 0.5) is 5.82 Å². The first kappa shape index (κ1) is 13.8. The van der Waals surface area contributed by atoms with Crippen molar-refractivity contribution in [2.45, 2.75) is 32.7 Å². The van der Waals surface area contributed by atoms with Gasteiger partial charge in [-0.1, -0.05) is 0 Å². The second-order valence-electron chi connectivity index (χ2n) is 5.24. The molecule has 2 rings (SSSR count). The monoisotopic (exact) mass is 263 g/mol. The number of aromatic carboxylic acids is 1. The summed E-state index contributed by atoms with van der Waals surface area (Å²) in [5, 5.41) is 12.3. The van der Waals surface area contributed by atoms with Crippen LogP contribution < -0.4 is 5.32 Å². The van der Waals surface area contributed by atoms with Crippen LogP contribution in [0, 0.1) is 6.92 Å². The zero-order chi connectivity index (χ0) is 13.8. The number of hydrogen-bond donors (Lipinski definition) is 2. The number of carboxylic acids is 1. The molecule has 104 valence electrons. The van der Waals surface area contributed by atoms with Gasteiger partial charge in [0.2, 0.25) is 0 Å². The number of anilines is 1. The molecule has 0 bridgehead atoms. The topological polar surface area (TPSA) is 65.5 Å². The summed E-state index contributed by atoms with van der Waals surface area (Å²) in [4.78, 5) is 17.8. The number of nitrogens with zero attached hydrogens (tertiary/aromatic N) is 2. The summed E-state index contributed by atoms with van der Waals surface area (Å²) in [6.45, 7) is 7.20. The van der Waals surface area contributed by atoms with Crippen LogP contribution in [-0.4, -0.2) is 46.6 Å². The Balaban J connectivity index is 1.99. The number of rotatable bonds is 5. The second kappa shape index (κ2) is 6.02. The van der Waals surface area contributed by atoms with Crippen LogP contribution in [0.2, 0.25) is 0 Å². The van der Waals surface area contributed by atoms with E-state index in [1.165, 1.54) is 12.8 Å². The molecule has 0 aliphatic carbocycles. The summed E-state index contributed by atoms with van der Waals surface area (Å²) in [6.07, 6.45) is 2.55. The van der Waals surface area contributed by atoms with E-state index in [1.807, 2.05) is 6.92 Å². The molecule has 0 radical (unpaired) electrons. The number of aryl methyl sites for hydroxylation is 1. The van der Waals surface area contributed by atoms with E-state index in [4.69, 9.17) is 5.11 Å². The number of pyridine rings is 1. The van der Waals surface area contributed by atoms with E-state index in [9.17, 15) is 4.79 Å². The predicted molar refractivity (Wildman–Crippen MR) is 74.7 cm³/mol. The van der Waals surface area contributed by atoms with Crippen LogP contribution >= 0.6 is 0 Å². The second-order valence-corrected chi connectivity index (χ2v) is 5.24. The lowest BCUT2D eigenvalue weighted by molar-refractivity contribution is 0.0696. The fourth-order valence-electron chi connectivity index (χ4n) is 2.52. The number of hydrogen-bond acceptors (Lipinski definition) is 4. The van der Waals surface area contributed by atoms with Crippen LogP contribution in [0.1, 0.15) is 35.8 Å². The van der Waals surface area contributed by atoms with Crippen LogP contribution in [0.3, 0.4) is 0 Å². The fraction of sp³-hybridized carbons (Fsp3) is 0.571. The quantitative estimate of drug-likeness (QED) is 0.850. The molecule has 5 heteroatoms. The predicted octanol–water partition coefficient (Wildman–Crippen LogP) is 1.98. The number of likely N-dealkylation sites (tertiary alicyclic amines) is 1. The molecule has 1 aliphatic rings. The molecule has 1 fully saturated rings. The number of carboxylic acid groups (broad SMARTS) is 1. The van der Waals surface area contributed by atoms with Gasteiger partial charge in [0.25, 0.3) is 0 Å². The maximum absolute atomic E-state index is 11.0. The van der Waals surface area contributed by atoms with Crippen molar-refractivity contribution in [3.05, 3.63) is 23.4 Å². The lowest BCUT2D eigenvalue weighted by Gasteiger charge is -2.21. The Labute approximate surface area is 113 Å². The molecular weight excluding hydrogens is 242 g/mol. The van der Waals surface area contributed by atoms with Crippen LogP contribution in [-0.2, 0) is 0 Å². The minimum atomic E-state index is -0.916. The molecule has 0 saturated carbocycles. The summed E-state index contributed by atoms with van der Waals surface area (Å²) in [6, 6.07) is 3.43. The van der Waals surface area contributed by atoms with E-state index in [1.54, 1.807) is 12.1 Å². The Morgan fingerprint density at radius 2 is 2.16 bits per heavy atom. The van der Waals surface area contributed by atoms with Gasteiger partial charge in [0.05, 0.1) is 5.56 Å².